The van der Waals surface area contributed by atoms with E-state index in [1.54, 1.807) is 31.2 Å². The summed E-state index contributed by atoms with van der Waals surface area (Å²) in [5, 5.41) is 17.9. The van der Waals surface area contributed by atoms with Crippen molar-refractivity contribution in [1.82, 2.24) is 0 Å². The smallest absolute Gasteiger partial charge is 0.488 e. The van der Waals surface area contributed by atoms with Crippen molar-refractivity contribution in [3.63, 3.8) is 0 Å². The molecule has 0 fully saturated rings. The number of rotatable bonds is 4. The molecule has 0 aliphatic carbocycles. The summed E-state index contributed by atoms with van der Waals surface area (Å²) < 4.78 is 5.29. The molecule has 0 unspecified atom stereocenters. The third kappa shape index (κ3) is 2.62. The molecule has 0 saturated carbocycles. The van der Waals surface area contributed by atoms with Crippen LogP contribution in [0.25, 0.3) is 0 Å². The van der Waals surface area contributed by atoms with Gasteiger partial charge in [-0.25, -0.2) is 0 Å². The lowest BCUT2D eigenvalue weighted by atomic mass is 9.77. The summed E-state index contributed by atoms with van der Waals surface area (Å²) in [6.45, 7) is 5.78. The molecule has 0 radical (unpaired) electrons. The third-order valence-electron chi connectivity index (χ3n) is 1.89. The van der Waals surface area contributed by atoms with E-state index in [1.807, 2.05) is 0 Å². The molecule has 74 valence electrons. The lowest BCUT2D eigenvalue weighted by molar-refractivity contribution is 0.363. The normalized spacial score (nSPS) is 9.64. The van der Waals surface area contributed by atoms with E-state index in [-0.39, 0.29) is 0 Å². The Morgan fingerprint density at radius 2 is 2.21 bits per heavy atom. The Morgan fingerprint density at radius 3 is 2.71 bits per heavy atom. The molecular weight excluding hydrogens is 179 g/mol. The fraction of sp³-hybridized carbons (Fsp3) is 0.200. The molecule has 1 aromatic rings. The molecule has 0 atom stereocenters. The molecule has 0 amide bonds. The Labute approximate surface area is 83.8 Å². The van der Waals surface area contributed by atoms with Gasteiger partial charge in [0.05, 0.1) is 0 Å². The predicted octanol–water partition coefficient (Wildman–Crippen LogP) is 0.240. The maximum Gasteiger partial charge on any atom is 0.488 e. The van der Waals surface area contributed by atoms with Crippen LogP contribution in [0.15, 0.2) is 30.9 Å². The standard InChI is InChI=1S/C10H13BO3/c1-3-6-14-9-4-5-10(11(12)13)8(2)7-9/h3-5,7,12-13H,1,6H2,2H3. The monoisotopic (exact) mass is 192 g/mol. The van der Waals surface area contributed by atoms with Crippen LogP contribution in [0.5, 0.6) is 5.75 Å². The minimum Gasteiger partial charge on any atom is -0.490 e. The van der Waals surface area contributed by atoms with Crippen molar-refractivity contribution in [3.05, 3.63) is 36.4 Å². The molecule has 0 aromatic heterocycles. The lowest BCUT2D eigenvalue weighted by Gasteiger charge is -2.08. The average Bonchev–Trinajstić information content (AvgIpc) is 2.14. The molecule has 0 heterocycles. The Balaban J connectivity index is 2.83. The van der Waals surface area contributed by atoms with Crippen LogP contribution < -0.4 is 10.2 Å². The van der Waals surface area contributed by atoms with Gasteiger partial charge in [-0.15, -0.1) is 0 Å². The molecule has 3 nitrogen and oxygen atoms in total. The van der Waals surface area contributed by atoms with Crippen molar-refractivity contribution in [3.8, 4) is 5.75 Å². The second-order valence-electron chi connectivity index (χ2n) is 2.99. The van der Waals surface area contributed by atoms with E-state index in [1.165, 1.54) is 0 Å². The molecule has 0 aliphatic rings. The van der Waals surface area contributed by atoms with Crippen molar-refractivity contribution >= 4 is 12.6 Å². The Hall–Kier alpha value is -1.26. The van der Waals surface area contributed by atoms with Crippen molar-refractivity contribution in [2.45, 2.75) is 6.92 Å². The van der Waals surface area contributed by atoms with E-state index in [0.29, 0.717) is 17.8 Å². The van der Waals surface area contributed by atoms with Crippen molar-refractivity contribution < 1.29 is 14.8 Å². The quantitative estimate of drug-likeness (QED) is 0.530. The summed E-state index contributed by atoms with van der Waals surface area (Å²) in [7, 11) is -1.43. The van der Waals surface area contributed by atoms with Crippen LogP contribution in [0.4, 0.5) is 0 Å². The maximum atomic E-state index is 8.97. The summed E-state index contributed by atoms with van der Waals surface area (Å²) in [4.78, 5) is 0. The molecule has 1 rings (SSSR count). The van der Waals surface area contributed by atoms with Gasteiger partial charge >= 0.3 is 7.12 Å². The number of ether oxygens (including phenoxy) is 1. The van der Waals surface area contributed by atoms with Crippen molar-refractivity contribution in [1.29, 1.82) is 0 Å². The summed E-state index contributed by atoms with van der Waals surface area (Å²) >= 11 is 0. The van der Waals surface area contributed by atoms with Crippen LogP contribution in [0.3, 0.4) is 0 Å². The van der Waals surface area contributed by atoms with E-state index < -0.39 is 7.12 Å². The highest BCUT2D eigenvalue weighted by molar-refractivity contribution is 6.59. The van der Waals surface area contributed by atoms with Gasteiger partial charge in [-0.1, -0.05) is 18.7 Å². The summed E-state index contributed by atoms with van der Waals surface area (Å²) in [5.74, 6) is 0.701. The highest BCUT2D eigenvalue weighted by Crippen LogP contribution is 2.11. The van der Waals surface area contributed by atoms with Gasteiger partial charge in [-0.05, 0) is 30.1 Å². The first kappa shape index (κ1) is 10.8. The zero-order valence-electron chi connectivity index (χ0n) is 8.10. The second kappa shape index (κ2) is 4.84. The van der Waals surface area contributed by atoms with E-state index in [9.17, 15) is 0 Å². The van der Waals surface area contributed by atoms with Crippen LogP contribution in [0, 0.1) is 6.92 Å². The molecule has 1 aromatic carbocycles. The van der Waals surface area contributed by atoms with Gasteiger partial charge in [0.1, 0.15) is 12.4 Å². The molecule has 0 aliphatic heterocycles. The lowest BCUT2D eigenvalue weighted by Crippen LogP contribution is -2.31. The summed E-state index contributed by atoms with van der Waals surface area (Å²) in [6, 6.07) is 5.10. The Bertz CT molecular complexity index is 323. The van der Waals surface area contributed by atoms with Gasteiger partial charge in [0, 0.05) is 0 Å². The van der Waals surface area contributed by atoms with Gasteiger partial charge in [0.25, 0.3) is 0 Å². The maximum absolute atomic E-state index is 8.97. The molecule has 2 N–H and O–H groups in total. The molecule has 14 heavy (non-hydrogen) atoms. The molecule has 0 spiro atoms. The van der Waals surface area contributed by atoms with Gasteiger partial charge in [-0.2, -0.15) is 0 Å². The van der Waals surface area contributed by atoms with Crippen molar-refractivity contribution in [2.24, 2.45) is 0 Å². The average molecular weight is 192 g/mol. The SMILES string of the molecule is C=CCOc1ccc(B(O)O)c(C)c1. The van der Waals surface area contributed by atoms with Gasteiger partial charge in [-0.3, -0.25) is 0 Å². The third-order valence-corrected chi connectivity index (χ3v) is 1.89. The highest BCUT2D eigenvalue weighted by Gasteiger charge is 2.13. The fourth-order valence-electron chi connectivity index (χ4n) is 1.18. The van der Waals surface area contributed by atoms with E-state index in [2.05, 4.69) is 6.58 Å². The number of hydrogen-bond acceptors (Lipinski definition) is 3. The molecule has 4 heteroatoms. The van der Waals surface area contributed by atoms with Crippen LogP contribution in [0.2, 0.25) is 0 Å². The van der Waals surface area contributed by atoms with Crippen LogP contribution in [-0.2, 0) is 0 Å². The van der Waals surface area contributed by atoms with E-state index in [4.69, 9.17) is 14.8 Å². The summed E-state index contributed by atoms with van der Waals surface area (Å²) in [5.41, 5.74) is 1.29. The second-order valence-corrected chi connectivity index (χ2v) is 2.99. The van der Waals surface area contributed by atoms with E-state index in [0.717, 1.165) is 5.56 Å². The minimum absolute atomic E-state index is 0.445. The summed E-state index contributed by atoms with van der Waals surface area (Å²) in [6.07, 6.45) is 1.66. The fourth-order valence-corrected chi connectivity index (χ4v) is 1.18. The van der Waals surface area contributed by atoms with Crippen LogP contribution in [-0.4, -0.2) is 23.8 Å². The molecular formula is C10H13BO3. The largest absolute Gasteiger partial charge is 0.490 e. The van der Waals surface area contributed by atoms with Crippen LogP contribution in [0.1, 0.15) is 5.56 Å². The zero-order chi connectivity index (χ0) is 10.6. The molecule has 0 bridgehead atoms. The van der Waals surface area contributed by atoms with Crippen molar-refractivity contribution in [2.75, 3.05) is 6.61 Å². The Kier molecular flexibility index (Phi) is 3.74. The van der Waals surface area contributed by atoms with Crippen LogP contribution >= 0.6 is 0 Å². The van der Waals surface area contributed by atoms with Gasteiger partial charge in [0.2, 0.25) is 0 Å². The number of aryl methyl sites for hydroxylation is 1. The number of hydrogen-bond donors (Lipinski definition) is 2. The van der Waals surface area contributed by atoms with Gasteiger partial charge in [0.15, 0.2) is 0 Å². The highest BCUT2D eigenvalue weighted by atomic mass is 16.5. The minimum atomic E-state index is -1.43. The predicted molar refractivity (Wildman–Crippen MR) is 56.7 cm³/mol. The first-order chi connectivity index (χ1) is 6.65. The Morgan fingerprint density at radius 1 is 1.50 bits per heavy atom. The first-order valence-corrected chi connectivity index (χ1v) is 4.35. The topological polar surface area (TPSA) is 49.7 Å². The molecule has 0 saturated heterocycles. The number of benzene rings is 1. The van der Waals surface area contributed by atoms with Gasteiger partial charge < -0.3 is 14.8 Å². The first-order valence-electron chi connectivity index (χ1n) is 4.35. The zero-order valence-corrected chi connectivity index (χ0v) is 8.10. The van der Waals surface area contributed by atoms with E-state index >= 15 is 0 Å².